The van der Waals surface area contributed by atoms with Crippen molar-refractivity contribution in [1.29, 1.82) is 0 Å². The van der Waals surface area contributed by atoms with Crippen molar-refractivity contribution < 1.29 is 4.42 Å². The Labute approximate surface area is 307 Å². The normalized spacial score (nSPS) is 11.8. The van der Waals surface area contributed by atoms with E-state index in [-0.39, 0.29) is 0 Å². The van der Waals surface area contributed by atoms with Gasteiger partial charge in [0.1, 0.15) is 11.3 Å². The van der Waals surface area contributed by atoms with Gasteiger partial charge in [-0.2, -0.15) is 0 Å². The van der Waals surface area contributed by atoms with Gasteiger partial charge in [0.2, 0.25) is 0 Å². The molecule has 246 valence electrons. The van der Waals surface area contributed by atoms with Crippen LogP contribution in [0.25, 0.3) is 110 Å². The van der Waals surface area contributed by atoms with Crippen LogP contribution in [-0.4, -0.2) is 0 Å². The van der Waals surface area contributed by atoms with Crippen LogP contribution in [0.5, 0.6) is 0 Å². The maximum Gasteiger partial charge on any atom is 0.143 e. The third-order valence-electron chi connectivity index (χ3n) is 11.0. The number of hydrogen-bond acceptors (Lipinski definition) is 1. The van der Waals surface area contributed by atoms with Crippen LogP contribution in [0.4, 0.5) is 0 Å². The molecular weight excluding hydrogens is 641 g/mol. The van der Waals surface area contributed by atoms with Gasteiger partial charge in [-0.25, -0.2) is 0 Å². The molecule has 0 aliphatic rings. The van der Waals surface area contributed by atoms with E-state index in [0.29, 0.717) is 0 Å². The highest BCUT2D eigenvalue weighted by atomic mass is 16.3. The van der Waals surface area contributed by atoms with Crippen LogP contribution in [-0.2, 0) is 0 Å². The minimum absolute atomic E-state index is 0.896. The van der Waals surface area contributed by atoms with E-state index in [1.807, 2.05) is 0 Å². The molecule has 1 heteroatoms. The molecule has 0 fully saturated rings. The Morgan fingerprint density at radius 3 is 1.55 bits per heavy atom. The Balaban J connectivity index is 1.12. The molecule has 1 nitrogen and oxygen atoms in total. The van der Waals surface area contributed by atoms with E-state index in [2.05, 4.69) is 194 Å². The summed E-state index contributed by atoms with van der Waals surface area (Å²) in [5, 5.41) is 11.2. The van der Waals surface area contributed by atoms with Crippen LogP contribution in [0, 0.1) is 0 Å². The summed E-state index contributed by atoms with van der Waals surface area (Å²) >= 11 is 0. The van der Waals surface area contributed by atoms with Gasteiger partial charge in [-0.05, 0) is 82.5 Å². The lowest BCUT2D eigenvalue weighted by Gasteiger charge is -2.17. The lowest BCUT2D eigenvalue weighted by atomic mass is 9.86. The fraction of sp³-hybridized carbons (Fsp3) is 0. The fourth-order valence-electron chi connectivity index (χ4n) is 8.63. The van der Waals surface area contributed by atoms with Crippen LogP contribution in [0.15, 0.2) is 199 Å². The summed E-state index contributed by atoms with van der Waals surface area (Å²) in [6.45, 7) is 0. The van der Waals surface area contributed by atoms with Crippen molar-refractivity contribution in [3.05, 3.63) is 194 Å². The standard InChI is InChI=1S/C52H32O/c1-3-13-34(14-4-1)50-47-23-11-22-46(52(47)53-51(50)37-15-5-2-6-16-37)43-29-25-36-26-30-44-42(28-24-35-27-31-45(43)49(36)48(35)44)39-19-9-18-38(32-39)41-21-10-17-33-12-7-8-20-40(33)41/h1-32H. The third kappa shape index (κ3) is 4.64. The molecule has 11 aromatic rings. The Morgan fingerprint density at radius 2 is 0.792 bits per heavy atom. The van der Waals surface area contributed by atoms with E-state index in [1.165, 1.54) is 70.9 Å². The molecule has 0 spiro atoms. The number of rotatable bonds is 5. The van der Waals surface area contributed by atoms with Crippen LogP contribution < -0.4 is 0 Å². The summed E-state index contributed by atoms with van der Waals surface area (Å²) in [7, 11) is 0. The van der Waals surface area contributed by atoms with Crippen LogP contribution in [0.3, 0.4) is 0 Å². The molecule has 0 aliphatic heterocycles. The van der Waals surface area contributed by atoms with Crippen LogP contribution in [0.2, 0.25) is 0 Å². The lowest BCUT2D eigenvalue weighted by molar-refractivity contribution is 0.633. The zero-order valence-corrected chi connectivity index (χ0v) is 28.9. The fourth-order valence-corrected chi connectivity index (χ4v) is 8.63. The minimum atomic E-state index is 0.896. The minimum Gasteiger partial charge on any atom is -0.455 e. The highest BCUT2D eigenvalue weighted by Crippen LogP contribution is 2.47. The summed E-state index contributed by atoms with van der Waals surface area (Å²) < 4.78 is 6.97. The van der Waals surface area contributed by atoms with Gasteiger partial charge in [0.05, 0.1) is 0 Å². The second kappa shape index (κ2) is 11.8. The molecule has 11 rings (SSSR count). The smallest absolute Gasteiger partial charge is 0.143 e. The topological polar surface area (TPSA) is 13.1 Å². The first-order valence-corrected chi connectivity index (χ1v) is 18.3. The van der Waals surface area contributed by atoms with Crippen molar-refractivity contribution in [2.45, 2.75) is 0 Å². The number of furan rings is 1. The zero-order valence-electron chi connectivity index (χ0n) is 28.9. The summed E-state index contributed by atoms with van der Waals surface area (Å²) in [4.78, 5) is 0. The molecule has 0 unspecified atom stereocenters. The second-order valence-electron chi connectivity index (χ2n) is 14.0. The Morgan fingerprint density at radius 1 is 0.283 bits per heavy atom. The molecular formula is C52H32O. The molecule has 1 heterocycles. The molecule has 1 aromatic heterocycles. The number of benzene rings is 10. The number of para-hydroxylation sites is 1. The lowest BCUT2D eigenvalue weighted by Crippen LogP contribution is -1.90. The molecule has 53 heavy (non-hydrogen) atoms. The van der Waals surface area contributed by atoms with Gasteiger partial charge in [-0.1, -0.05) is 188 Å². The summed E-state index contributed by atoms with van der Waals surface area (Å²) in [5.74, 6) is 0.896. The number of hydrogen-bond donors (Lipinski definition) is 0. The first kappa shape index (κ1) is 29.7. The molecule has 0 radical (unpaired) electrons. The van der Waals surface area contributed by atoms with Gasteiger partial charge in [0, 0.05) is 22.1 Å². The monoisotopic (exact) mass is 672 g/mol. The van der Waals surface area contributed by atoms with Crippen molar-refractivity contribution in [3.8, 4) is 55.8 Å². The maximum absolute atomic E-state index is 6.97. The van der Waals surface area contributed by atoms with Crippen LogP contribution >= 0.6 is 0 Å². The molecule has 0 bridgehead atoms. The number of fused-ring (bicyclic) bond motifs is 2. The van der Waals surface area contributed by atoms with Gasteiger partial charge < -0.3 is 4.42 Å². The van der Waals surface area contributed by atoms with E-state index in [0.717, 1.165) is 39.0 Å². The molecule has 10 aromatic carbocycles. The second-order valence-corrected chi connectivity index (χ2v) is 14.0. The summed E-state index contributed by atoms with van der Waals surface area (Å²) in [6.07, 6.45) is 0. The zero-order chi connectivity index (χ0) is 34.9. The quantitative estimate of drug-likeness (QED) is 0.166. The molecule has 0 saturated heterocycles. The average molecular weight is 673 g/mol. The average Bonchev–Trinajstić information content (AvgIpc) is 3.63. The van der Waals surface area contributed by atoms with E-state index in [1.54, 1.807) is 0 Å². The predicted molar refractivity (Wildman–Crippen MR) is 225 cm³/mol. The van der Waals surface area contributed by atoms with E-state index < -0.39 is 0 Å². The molecule has 0 atom stereocenters. The third-order valence-corrected chi connectivity index (χ3v) is 11.0. The van der Waals surface area contributed by atoms with Crippen molar-refractivity contribution in [2.24, 2.45) is 0 Å². The van der Waals surface area contributed by atoms with Crippen molar-refractivity contribution in [1.82, 2.24) is 0 Å². The highest BCUT2D eigenvalue weighted by Gasteiger charge is 2.22. The van der Waals surface area contributed by atoms with E-state index >= 15 is 0 Å². The van der Waals surface area contributed by atoms with Crippen molar-refractivity contribution >= 4 is 54.1 Å². The van der Waals surface area contributed by atoms with Gasteiger partial charge in [0.15, 0.2) is 0 Å². The molecule has 0 amide bonds. The van der Waals surface area contributed by atoms with Crippen LogP contribution in [0.1, 0.15) is 0 Å². The van der Waals surface area contributed by atoms with Gasteiger partial charge in [-0.15, -0.1) is 0 Å². The van der Waals surface area contributed by atoms with Gasteiger partial charge in [0.25, 0.3) is 0 Å². The van der Waals surface area contributed by atoms with Crippen molar-refractivity contribution in [3.63, 3.8) is 0 Å². The molecule has 0 aliphatic carbocycles. The Kier molecular flexibility index (Phi) is 6.62. The predicted octanol–water partition coefficient (Wildman–Crippen LogP) is 14.8. The first-order valence-electron chi connectivity index (χ1n) is 18.3. The summed E-state index contributed by atoms with van der Waals surface area (Å²) in [6, 6.07) is 70.3. The van der Waals surface area contributed by atoms with E-state index in [9.17, 15) is 0 Å². The molecule has 0 saturated carbocycles. The van der Waals surface area contributed by atoms with Crippen molar-refractivity contribution in [2.75, 3.05) is 0 Å². The van der Waals surface area contributed by atoms with Gasteiger partial charge >= 0.3 is 0 Å². The first-order chi connectivity index (χ1) is 26.3. The van der Waals surface area contributed by atoms with E-state index in [4.69, 9.17) is 4.42 Å². The SMILES string of the molecule is c1ccc(-c2oc3c(-c4ccc5ccc6c(-c7cccc(-c8cccc9ccccc89)c7)ccc7ccc4c5c76)cccc3c2-c2ccccc2)cc1. The Bertz CT molecular complexity index is 3140. The summed E-state index contributed by atoms with van der Waals surface area (Å²) in [5.41, 5.74) is 11.5. The maximum atomic E-state index is 6.97. The highest BCUT2D eigenvalue weighted by molar-refractivity contribution is 6.28. The molecule has 0 N–H and O–H groups in total. The largest absolute Gasteiger partial charge is 0.455 e. The Hall–Kier alpha value is -6.96. The van der Waals surface area contributed by atoms with Gasteiger partial charge in [-0.3, -0.25) is 0 Å².